The van der Waals surface area contributed by atoms with Gasteiger partial charge in [-0.2, -0.15) is 0 Å². The molecular formula is C16H16N2O5. The monoisotopic (exact) mass is 316 g/mol. The first-order chi connectivity index (χ1) is 11.0. The molecule has 0 fully saturated rings. The first-order valence-corrected chi connectivity index (χ1v) is 6.81. The van der Waals surface area contributed by atoms with E-state index in [-0.39, 0.29) is 24.0 Å². The molecule has 0 aliphatic rings. The van der Waals surface area contributed by atoms with Gasteiger partial charge >= 0.3 is 0 Å². The van der Waals surface area contributed by atoms with Gasteiger partial charge in [0.05, 0.1) is 18.1 Å². The van der Waals surface area contributed by atoms with E-state index in [0.29, 0.717) is 11.3 Å². The van der Waals surface area contributed by atoms with Crippen molar-refractivity contribution >= 4 is 11.6 Å². The number of carbonyl (C=O) groups excluding carboxylic acids is 1. The van der Waals surface area contributed by atoms with E-state index in [1.165, 1.54) is 25.3 Å². The minimum absolute atomic E-state index is 0.0834. The summed E-state index contributed by atoms with van der Waals surface area (Å²) in [6.07, 6.45) is 0. The van der Waals surface area contributed by atoms with Crippen molar-refractivity contribution in [2.45, 2.75) is 6.61 Å². The van der Waals surface area contributed by atoms with E-state index in [9.17, 15) is 14.9 Å². The van der Waals surface area contributed by atoms with Crippen molar-refractivity contribution in [1.29, 1.82) is 0 Å². The van der Waals surface area contributed by atoms with E-state index in [0.717, 1.165) is 5.56 Å². The molecule has 7 heteroatoms. The van der Waals surface area contributed by atoms with E-state index < -0.39 is 4.92 Å². The lowest BCUT2D eigenvalue weighted by atomic mass is 10.1. The quantitative estimate of drug-likeness (QED) is 0.653. The highest BCUT2D eigenvalue weighted by atomic mass is 16.6. The Bertz CT molecular complexity index is 730. The summed E-state index contributed by atoms with van der Waals surface area (Å²) < 4.78 is 10.7. The Balaban J connectivity index is 2.18. The van der Waals surface area contributed by atoms with Gasteiger partial charge in [0.15, 0.2) is 11.5 Å². The molecule has 0 heterocycles. The van der Waals surface area contributed by atoms with E-state index in [2.05, 4.69) is 5.32 Å². The Morgan fingerprint density at radius 2 is 2.00 bits per heavy atom. The van der Waals surface area contributed by atoms with Crippen LogP contribution < -0.4 is 14.8 Å². The number of amides is 1. The highest BCUT2D eigenvalue weighted by Gasteiger charge is 2.13. The Morgan fingerprint density at radius 1 is 1.22 bits per heavy atom. The fourth-order valence-corrected chi connectivity index (χ4v) is 2.00. The number of methoxy groups -OCH3 is 1. The molecule has 7 nitrogen and oxygen atoms in total. The molecule has 1 amide bonds. The van der Waals surface area contributed by atoms with E-state index in [1.807, 2.05) is 0 Å². The van der Waals surface area contributed by atoms with Crippen LogP contribution in [0.15, 0.2) is 42.5 Å². The zero-order chi connectivity index (χ0) is 16.8. The highest BCUT2D eigenvalue weighted by molar-refractivity contribution is 5.94. The molecule has 0 saturated heterocycles. The number of rotatable bonds is 6. The van der Waals surface area contributed by atoms with Crippen molar-refractivity contribution in [3.63, 3.8) is 0 Å². The molecule has 0 aliphatic heterocycles. The van der Waals surface area contributed by atoms with Crippen LogP contribution in [0.5, 0.6) is 11.5 Å². The number of ether oxygens (including phenoxy) is 2. The number of nitro groups is 1. The van der Waals surface area contributed by atoms with E-state index in [1.54, 1.807) is 31.3 Å². The van der Waals surface area contributed by atoms with Gasteiger partial charge in [0.25, 0.3) is 11.6 Å². The molecule has 2 aromatic carbocycles. The first kappa shape index (κ1) is 16.3. The molecule has 120 valence electrons. The maximum absolute atomic E-state index is 11.6. The second-order valence-corrected chi connectivity index (χ2v) is 4.66. The van der Waals surface area contributed by atoms with Gasteiger partial charge in [0, 0.05) is 18.7 Å². The topological polar surface area (TPSA) is 90.7 Å². The normalized spacial score (nSPS) is 10.0. The van der Waals surface area contributed by atoms with Crippen LogP contribution in [-0.4, -0.2) is 25.0 Å². The van der Waals surface area contributed by atoms with Crippen LogP contribution >= 0.6 is 0 Å². The average Bonchev–Trinajstić information content (AvgIpc) is 2.59. The maximum atomic E-state index is 11.6. The third-order valence-electron chi connectivity index (χ3n) is 3.17. The first-order valence-electron chi connectivity index (χ1n) is 6.81. The highest BCUT2D eigenvalue weighted by Crippen LogP contribution is 2.31. The van der Waals surface area contributed by atoms with E-state index >= 15 is 0 Å². The predicted molar refractivity (Wildman–Crippen MR) is 83.8 cm³/mol. The van der Waals surface area contributed by atoms with Crippen molar-refractivity contribution in [3.8, 4) is 11.5 Å². The lowest BCUT2D eigenvalue weighted by Gasteiger charge is -2.11. The van der Waals surface area contributed by atoms with Crippen molar-refractivity contribution in [3.05, 3.63) is 63.7 Å². The van der Waals surface area contributed by atoms with Gasteiger partial charge in [-0.1, -0.05) is 12.1 Å². The Morgan fingerprint density at radius 3 is 2.65 bits per heavy atom. The second kappa shape index (κ2) is 7.26. The minimum atomic E-state index is -0.501. The van der Waals surface area contributed by atoms with Crippen LogP contribution in [0, 0.1) is 10.1 Å². The minimum Gasteiger partial charge on any atom is -0.493 e. The molecule has 0 spiro atoms. The summed E-state index contributed by atoms with van der Waals surface area (Å²) in [6.45, 7) is 0.155. The zero-order valence-electron chi connectivity index (χ0n) is 12.7. The van der Waals surface area contributed by atoms with Crippen molar-refractivity contribution in [2.24, 2.45) is 0 Å². The smallest absolute Gasteiger partial charge is 0.273 e. The molecule has 2 rings (SSSR count). The van der Waals surface area contributed by atoms with Crippen molar-refractivity contribution in [2.75, 3.05) is 14.2 Å². The number of carbonyl (C=O) groups is 1. The average molecular weight is 316 g/mol. The van der Waals surface area contributed by atoms with Crippen LogP contribution in [-0.2, 0) is 6.61 Å². The SMILES string of the molecule is CNC(=O)c1cccc(COc2cc([N+](=O)[O-])ccc2OC)c1. The number of benzene rings is 2. The summed E-state index contributed by atoms with van der Waals surface area (Å²) >= 11 is 0. The zero-order valence-corrected chi connectivity index (χ0v) is 12.7. The van der Waals surface area contributed by atoms with Crippen molar-refractivity contribution in [1.82, 2.24) is 5.32 Å². The molecular weight excluding hydrogens is 300 g/mol. The third-order valence-corrected chi connectivity index (χ3v) is 3.17. The van der Waals surface area contributed by atoms with Crippen LogP contribution in [0.2, 0.25) is 0 Å². The largest absolute Gasteiger partial charge is 0.493 e. The van der Waals surface area contributed by atoms with Gasteiger partial charge in [-0.15, -0.1) is 0 Å². The van der Waals surface area contributed by atoms with Crippen LogP contribution in [0.4, 0.5) is 5.69 Å². The molecule has 0 saturated carbocycles. The van der Waals surface area contributed by atoms with E-state index in [4.69, 9.17) is 9.47 Å². The number of non-ortho nitro benzene ring substituents is 1. The number of hydrogen-bond acceptors (Lipinski definition) is 5. The predicted octanol–water partition coefficient (Wildman–Crippen LogP) is 2.54. The van der Waals surface area contributed by atoms with Gasteiger partial charge in [-0.25, -0.2) is 0 Å². The molecule has 1 N–H and O–H groups in total. The summed E-state index contributed by atoms with van der Waals surface area (Å²) in [7, 11) is 3.01. The second-order valence-electron chi connectivity index (χ2n) is 4.66. The Hall–Kier alpha value is -3.09. The summed E-state index contributed by atoms with van der Waals surface area (Å²) in [6, 6.07) is 11.1. The number of hydrogen-bond donors (Lipinski definition) is 1. The number of nitro benzene ring substituents is 1. The van der Waals surface area contributed by atoms with Gasteiger partial charge in [-0.05, 0) is 23.8 Å². The lowest BCUT2D eigenvalue weighted by molar-refractivity contribution is -0.385. The molecule has 0 bridgehead atoms. The summed E-state index contributed by atoms with van der Waals surface area (Å²) in [5, 5.41) is 13.4. The molecule has 2 aromatic rings. The number of nitrogens with zero attached hydrogens (tertiary/aromatic N) is 1. The number of nitrogens with one attached hydrogen (secondary N) is 1. The van der Waals surface area contributed by atoms with Crippen LogP contribution in [0.3, 0.4) is 0 Å². The van der Waals surface area contributed by atoms with Gasteiger partial charge in [0.1, 0.15) is 6.61 Å². The summed E-state index contributed by atoms with van der Waals surface area (Å²) in [5.74, 6) is 0.477. The fraction of sp³-hybridized carbons (Fsp3) is 0.188. The fourth-order valence-electron chi connectivity index (χ4n) is 2.00. The van der Waals surface area contributed by atoms with Crippen molar-refractivity contribution < 1.29 is 19.2 Å². The van der Waals surface area contributed by atoms with Crippen LogP contribution in [0.1, 0.15) is 15.9 Å². The standard InChI is InChI=1S/C16H16N2O5/c1-17-16(19)12-5-3-4-11(8-12)10-23-15-9-13(18(20)21)6-7-14(15)22-2/h3-9H,10H2,1-2H3,(H,17,19). The molecule has 0 aliphatic carbocycles. The molecule has 0 unspecified atom stereocenters. The molecule has 0 aromatic heterocycles. The van der Waals surface area contributed by atoms with Gasteiger partial charge in [-0.3, -0.25) is 14.9 Å². The lowest BCUT2D eigenvalue weighted by Crippen LogP contribution is -2.17. The molecule has 23 heavy (non-hydrogen) atoms. The van der Waals surface area contributed by atoms with Gasteiger partial charge in [0.2, 0.25) is 0 Å². The summed E-state index contributed by atoms with van der Waals surface area (Å²) in [5.41, 5.74) is 1.19. The Kier molecular flexibility index (Phi) is 5.14. The molecule has 0 atom stereocenters. The Labute approximate surface area is 133 Å². The molecule has 0 radical (unpaired) electrons. The van der Waals surface area contributed by atoms with Gasteiger partial charge < -0.3 is 14.8 Å². The third kappa shape index (κ3) is 3.97. The summed E-state index contributed by atoms with van der Waals surface area (Å²) in [4.78, 5) is 22.0. The van der Waals surface area contributed by atoms with Crippen LogP contribution in [0.25, 0.3) is 0 Å². The maximum Gasteiger partial charge on any atom is 0.273 e.